The molecule has 0 aromatic carbocycles. The molecule has 0 aliphatic carbocycles. The zero-order valence-electron chi connectivity index (χ0n) is 10.5. The molecule has 0 bridgehead atoms. The summed E-state index contributed by atoms with van der Waals surface area (Å²) in [6.45, 7) is 8.75. The molecular formula is C11H23N3O. The van der Waals surface area contributed by atoms with Crippen LogP contribution in [0.5, 0.6) is 0 Å². The Labute approximate surface area is 92.6 Å². The Hall–Kier alpha value is -0.610. The lowest BCUT2D eigenvalue weighted by atomic mass is 9.95. The predicted octanol–water partition coefficient (Wildman–Crippen LogP) is 0.147. The van der Waals surface area contributed by atoms with Crippen LogP contribution >= 0.6 is 0 Å². The van der Waals surface area contributed by atoms with Crippen molar-refractivity contribution in [1.29, 1.82) is 0 Å². The molecule has 1 N–H and O–H groups in total. The second kappa shape index (κ2) is 4.49. The molecule has 1 aliphatic heterocycles. The summed E-state index contributed by atoms with van der Waals surface area (Å²) in [6, 6.07) is -0.0290. The maximum Gasteiger partial charge on any atom is 0.241 e. The summed E-state index contributed by atoms with van der Waals surface area (Å²) in [5.74, 6) is 0.244. The zero-order chi connectivity index (χ0) is 11.6. The van der Waals surface area contributed by atoms with Gasteiger partial charge in [0.1, 0.15) is 6.04 Å². The smallest absolute Gasteiger partial charge is 0.241 e. The highest BCUT2D eigenvalue weighted by atomic mass is 16.2. The lowest BCUT2D eigenvalue weighted by molar-refractivity contribution is -0.147. The summed E-state index contributed by atoms with van der Waals surface area (Å²) in [7, 11) is 3.92. The number of amides is 1. The van der Waals surface area contributed by atoms with Gasteiger partial charge in [0.2, 0.25) is 5.91 Å². The molecule has 1 heterocycles. The normalized spacial score (nSPS) is 27.1. The molecule has 15 heavy (non-hydrogen) atoms. The van der Waals surface area contributed by atoms with Crippen molar-refractivity contribution in [2.45, 2.75) is 32.4 Å². The molecule has 1 fully saturated rings. The molecule has 88 valence electrons. The number of hydrogen-bond acceptors (Lipinski definition) is 3. The highest BCUT2D eigenvalue weighted by molar-refractivity contribution is 5.83. The van der Waals surface area contributed by atoms with Crippen molar-refractivity contribution < 1.29 is 4.79 Å². The first-order chi connectivity index (χ1) is 6.94. The highest BCUT2D eigenvalue weighted by Crippen LogP contribution is 2.23. The first-order valence-corrected chi connectivity index (χ1v) is 5.60. The van der Waals surface area contributed by atoms with Crippen molar-refractivity contribution in [2.24, 2.45) is 0 Å². The largest absolute Gasteiger partial charge is 0.340 e. The third kappa shape index (κ3) is 2.32. The molecule has 0 aromatic rings. The number of likely N-dealkylation sites (N-methyl/N-ethyl adjacent to an activating group) is 3. The van der Waals surface area contributed by atoms with E-state index in [-0.39, 0.29) is 17.5 Å². The van der Waals surface area contributed by atoms with Gasteiger partial charge >= 0.3 is 0 Å². The number of hydrogen-bond donors (Lipinski definition) is 1. The van der Waals surface area contributed by atoms with Crippen LogP contribution in [0.1, 0.15) is 20.8 Å². The Balaban J connectivity index is 2.87. The summed E-state index contributed by atoms with van der Waals surface area (Å²) in [5, 5.41) is 3.09. The van der Waals surface area contributed by atoms with Crippen molar-refractivity contribution >= 4 is 5.91 Å². The molecule has 1 atom stereocenters. The van der Waals surface area contributed by atoms with Crippen molar-refractivity contribution in [3.8, 4) is 0 Å². The van der Waals surface area contributed by atoms with E-state index in [1.54, 1.807) is 0 Å². The number of piperazine rings is 1. The quantitative estimate of drug-likeness (QED) is 0.725. The average molecular weight is 213 g/mol. The SMILES string of the molecule is CCN1CC(C)(C)N(C)C(CNC)C1=O. The van der Waals surface area contributed by atoms with E-state index in [9.17, 15) is 4.79 Å². The Morgan fingerprint density at radius 1 is 1.53 bits per heavy atom. The van der Waals surface area contributed by atoms with Crippen molar-refractivity contribution in [1.82, 2.24) is 15.1 Å². The van der Waals surface area contributed by atoms with E-state index < -0.39 is 0 Å². The van der Waals surface area contributed by atoms with Gasteiger partial charge in [-0.25, -0.2) is 0 Å². The highest BCUT2D eigenvalue weighted by Gasteiger charge is 2.41. The van der Waals surface area contributed by atoms with Crippen LogP contribution in [-0.4, -0.2) is 61.0 Å². The molecule has 0 saturated carbocycles. The topological polar surface area (TPSA) is 35.6 Å². The fraction of sp³-hybridized carbons (Fsp3) is 0.909. The van der Waals surface area contributed by atoms with Gasteiger partial charge in [0.25, 0.3) is 0 Å². The third-order valence-corrected chi connectivity index (χ3v) is 3.38. The van der Waals surface area contributed by atoms with E-state index in [2.05, 4.69) is 24.1 Å². The van der Waals surface area contributed by atoms with Crippen LogP contribution in [0.4, 0.5) is 0 Å². The summed E-state index contributed by atoms with van der Waals surface area (Å²) in [5.41, 5.74) is 0.0609. The van der Waals surface area contributed by atoms with Gasteiger partial charge in [-0.2, -0.15) is 0 Å². The lowest BCUT2D eigenvalue weighted by Crippen LogP contribution is -2.66. The molecule has 0 radical (unpaired) electrons. The van der Waals surface area contributed by atoms with Crippen LogP contribution in [0, 0.1) is 0 Å². The third-order valence-electron chi connectivity index (χ3n) is 3.38. The molecule has 1 rings (SSSR count). The molecule has 1 unspecified atom stereocenters. The minimum absolute atomic E-state index is 0.0290. The minimum Gasteiger partial charge on any atom is -0.340 e. The second-order valence-electron chi connectivity index (χ2n) is 4.85. The summed E-state index contributed by atoms with van der Waals surface area (Å²) < 4.78 is 0. The molecule has 4 nitrogen and oxygen atoms in total. The summed E-state index contributed by atoms with van der Waals surface area (Å²) in [6.07, 6.45) is 0. The van der Waals surface area contributed by atoms with Gasteiger partial charge < -0.3 is 10.2 Å². The van der Waals surface area contributed by atoms with E-state index in [1.807, 2.05) is 25.9 Å². The predicted molar refractivity (Wildman–Crippen MR) is 61.8 cm³/mol. The van der Waals surface area contributed by atoms with Crippen molar-refractivity contribution in [3.05, 3.63) is 0 Å². The minimum atomic E-state index is -0.0290. The van der Waals surface area contributed by atoms with Gasteiger partial charge in [-0.3, -0.25) is 9.69 Å². The molecular weight excluding hydrogens is 190 g/mol. The maximum absolute atomic E-state index is 12.1. The van der Waals surface area contributed by atoms with Gasteiger partial charge in [0.15, 0.2) is 0 Å². The summed E-state index contributed by atoms with van der Waals surface area (Å²) in [4.78, 5) is 16.2. The van der Waals surface area contributed by atoms with Gasteiger partial charge in [0.05, 0.1) is 0 Å². The first kappa shape index (κ1) is 12.5. The molecule has 1 saturated heterocycles. The van der Waals surface area contributed by atoms with Crippen LogP contribution in [0.2, 0.25) is 0 Å². The van der Waals surface area contributed by atoms with Crippen LogP contribution in [-0.2, 0) is 4.79 Å². The number of carbonyl (C=O) groups is 1. The van der Waals surface area contributed by atoms with Crippen LogP contribution in [0.15, 0.2) is 0 Å². The van der Waals surface area contributed by atoms with E-state index in [1.165, 1.54) is 0 Å². The van der Waals surface area contributed by atoms with Crippen LogP contribution in [0.3, 0.4) is 0 Å². The fourth-order valence-electron chi connectivity index (χ4n) is 2.14. The Morgan fingerprint density at radius 2 is 2.13 bits per heavy atom. The number of nitrogens with one attached hydrogen (secondary N) is 1. The number of rotatable bonds is 3. The van der Waals surface area contributed by atoms with Gasteiger partial charge in [0, 0.05) is 25.2 Å². The van der Waals surface area contributed by atoms with Crippen molar-refractivity contribution in [3.63, 3.8) is 0 Å². The number of nitrogens with zero attached hydrogens (tertiary/aromatic N) is 2. The van der Waals surface area contributed by atoms with E-state index in [0.29, 0.717) is 0 Å². The van der Waals surface area contributed by atoms with Crippen molar-refractivity contribution in [2.75, 3.05) is 33.7 Å². The van der Waals surface area contributed by atoms with E-state index in [4.69, 9.17) is 0 Å². The Morgan fingerprint density at radius 3 is 2.60 bits per heavy atom. The Bertz CT molecular complexity index is 240. The van der Waals surface area contributed by atoms with E-state index >= 15 is 0 Å². The maximum atomic E-state index is 12.1. The molecule has 4 heteroatoms. The second-order valence-corrected chi connectivity index (χ2v) is 4.85. The summed E-state index contributed by atoms with van der Waals surface area (Å²) >= 11 is 0. The fourth-order valence-corrected chi connectivity index (χ4v) is 2.14. The first-order valence-electron chi connectivity index (χ1n) is 5.60. The van der Waals surface area contributed by atoms with Gasteiger partial charge in [-0.1, -0.05) is 0 Å². The molecule has 0 spiro atoms. The lowest BCUT2D eigenvalue weighted by Gasteiger charge is -2.49. The van der Waals surface area contributed by atoms with Crippen LogP contribution in [0.25, 0.3) is 0 Å². The van der Waals surface area contributed by atoms with Crippen LogP contribution < -0.4 is 5.32 Å². The average Bonchev–Trinajstić information content (AvgIpc) is 2.19. The van der Waals surface area contributed by atoms with Gasteiger partial charge in [-0.15, -0.1) is 0 Å². The monoisotopic (exact) mass is 213 g/mol. The standard InChI is InChI=1S/C11H23N3O/c1-6-14-8-11(2,3)13(5)9(7-12-4)10(14)15/h9,12H,6-8H2,1-5H3. The van der Waals surface area contributed by atoms with Gasteiger partial charge in [-0.05, 0) is 34.9 Å². The van der Waals surface area contributed by atoms with E-state index in [0.717, 1.165) is 19.6 Å². The number of carbonyl (C=O) groups excluding carboxylic acids is 1. The Kier molecular flexibility index (Phi) is 3.73. The zero-order valence-corrected chi connectivity index (χ0v) is 10.5. The molecule has 1 aliphatic rings. The molecule has 1 amide bonds. The molecule has 0 aromatic heterocycles.